The normalized spacial score (nSPS) is 12.7. The van der Waals surface area contributed by atoms with Gasteiger partial charge in [-0.1, -0.05) is 90.1 Å². The maximum Gasteiger partial charge on any atom is 0.318 e. The standard InChI is InChI=1S/C20H19O3PS/c1-16-12-14-19(15-13-16)25-20(23-24(21)22,17-8-4-2-5-9-17)18-10-6-3-7-11-18/h2-15,24H,1H3,(H,21,22). The van der Waals surface area contributed by atoms with Crippen LogP contribution in [0, 0.1) is 6.92 Å². The molecule has 0 saturated carbocycles. The summed E-state index contributed by atoms with van der Waals surface area (Å²) in [5.74, 6) is 0. The molecule has 3 rings (SSSR count). The molecule has 1 N–H and O–H groups in total. The molecular formula is C20H19O3PS. The lowest BCUT2D eigenvalue weighted by atomic mass is 10.0. The zero-order valence-corrected chi connectivity index (χ0v) is 15.6. The summed E-state index contributed by atoms with van der Waals surface area (Å²) in [6, 6.07) is 27.1. The van der Waals surface area contributed by atoms with Crippen molar-refractivity contribution in [3.63, 3.8) is 0 Å². The summed E-state index contributed by atoms with van der Waals surface area (Å²) in [7, 11) is -3.18. The van der Waals surface area contributed by atoms with Gasteiger partial charge in [-0.05, 0) is 30.2 Å². The van der Waals surface area contributed by atoms with E-state index in [9.17, 15) is 9.46 Å². The topological polar surface area (TPSA) is 46.5 Å². The summed E-state index contributed by atoms with van der Waals surface area (Å²) >= 11 is 1.42. The first-order chi connectivity index (χ1) is 12.1. The van der Waals surface area contributed by atoms with E-state index in [0.29, 0.717) is 0 Å². The maximum absolute atomic E-state index is 11.8. The second-order valence-electron chi connectivity index (χ2n) is 5.63. The van der Waals surface area contributed by atoms with Crippen LogP contribution in [-0.4, -0.2) is 4.89 Å². The van der Waals surface area contributed by atoms with Gasteiger partial charge in [-0.3, -0.25) is 9.09 Å². The van der Waals surface area contributed by atoms with E-state index in [4.69, 9.17) is 4.52 Å². The number of thioether (sulfide) groups is 1. The van der Waals surface area contributed by atoms with Crippen LogP contribution in [0.15, 0.2) is 89.8 Å². The third kappa shape index (κ3) is 4.23. The van der Waals surface area contributed by atoms with E-state index in [1.807, 2.05) is 91.9 Å². The van der Waals surface area contributed by atoms with Gasteiger partial charge in [-0.2, -0.15) is 0 Å². The van der Waals surface area contributed by atoms with Crippen LogP contribution in [0.4, 0.5) is 0 Å². The van der Waals surface area contributed by atoms with Crippen molar-refractivity contribution in [2.45, 2.75) is 16.8 Å². The minimum Gasteiger partial charge on any atom is -0.326 e. The zero-order valence-electron chi connectivity index (χ0n) is 13.8. The van der Waals surface area contributed by atoms with Crippen LogP contribution in [-0.2, 0) is 14.0 Å². The Kier molecular flexibility index (Phi) is 5.77. The molecule has 0 radical (unpaired) electrons. The van der Waals surface area contributed by atoms with Crippen molar-refractivity contribution in [3.8, 4) is 0 Å². The third-order valence-electron chi connectivity index (χ3n) is 3.82. The highest BCUT2D eigenvalue weighted by Crippen LogP contribution is 2.51. The Morgan fingerprint density at radius 1 is 0.840 bits per heavy atom. The first-order valence-electron chi connectivity index (χ1n) is 7.89. The number of rotatable bonds is 6. The lowest BCUT2D eigenvalue weighted by Crippen LogP contribution is -2.25. The van der Waals surface area contributed by atoms with Crippen LogP contribution < -0.4 is 0 Å². The van der Waals surface area contributed by atoms with E-state index < -0.39 is 13.2 Å². The summed E-state index contributed by atoms with van der Waals surface area (Å²) in [4.78, 5) is 9.51. The minimum atomic E-state index is -3.18. The summed E-state index contributed by atoms with van der Waals surface area (Å²) < 4.78 is 17.5. The van der Waals surface area contributed by atoms with Crippen LogP contribution in [0.2, 0.25) is 0 Å². The molecule has 0 bridgehead atoms. The van der Waals surface area contributed by atoms with Crippen LogP contribution in [0.3, 0.4) is 0 Å². The van der Waals surface area contributed by atoms with E-state index in [2.05, 4.69) is 0 Å². The number of hydrogen-bond acceptors (Lipinski definition) is 3. The molecule has 0 aliphatic rings. The average molecular weight is 370 g/mol. The van der Waals surface area contributed by atoms with Crippen molar-refractivity contribution < 1.29 is 14.0 Å². The van der Waals surface area contributed by atoms with Crippen molar-refractivity contribution in [3.05, 3.63) is 102 Å². The molecule has 0 saturated heterocycles. The second-order valence-corrected chi connectivity index (χ2v) is 7.62. The van der Waals surface area contributed by atoms with Gasteiger partial charge in [0, 0.05) is 4.90 Å². The number of hydrogen-bond donors (Lipinski definition) is 1. The van der Waals surface area contributed by atoms with Gasteiger partial charge in [-0.15, -0.1) is 0 Å². The molecule has 1 unspecified atom stereocenters. The zero-order chi connectivity index (χ0) is 17.7. The largest absolute Gasteiger partial charge is 0.326 e. The first kappa shape index (κ1) is 18.0. The van der Waals surface area contributed by atoms with E-state index in [-0.39, 0.29) is 0 Å². The van der Waals surface area contributed by atoms with Crippen LogP contribution in [0.1, 0.15) is 16.7 Å². The Balaban J connectivity index is 2.17. The molecule has 1 atom stereocenters. The van der Waals surface area contributed by atoms with Crippen molar-refractivity contribution in [1.82, 2.24) is 0 Å². The SMILES string of the molecule is Cc1ccc(SC(O[PH](=O)O)(c2ccccc2)c2ccccc2)cc1. The fraction of sp³-hybridized carbons (Fsp3) is 0.100. The lowest BCUT2D eigenvalue weighted by molar-refractivity contribution is 0.194. The van der Waals surface area contributed by atoms with Gasteiger partial charge in [0.2, 0.25) is 0 Å². The Morgan fingerprint density at radius 3 is 1.76 bits per heavy atom. The maximum atomic E-state index is 11.8. The highest BCUT2D eigenvalue weighted by atomic mass is 32.2. The highest BCUT2D eigenvalue weighted by molar-refractivity contribution is 8.00. The molecule has 0 heterocycles. The Bertz CT molecular complexity index is 796. The van der Waals surface area contributed by atoms with Crippen molar-refractivity contribution >= 4 is 20.0 Å². The van der Waals surface area contributed by atoms with Gasteiger partial charge in [0.15, 0.2) is 4.93 Å². The molecule has 0 aliphatic heterocycles. The van der Waals surface area contributed by atoms with Crippen molar-refractivity contribution in [2.24, 2.45) is 0 Å². The fourth-order valence-corrected chi connectivity index (χ4v) is 4.61. The summed E-state index contributed by atoms with van der Waals surface area (Å²) in [6.45, 7) is 2.03. The van der Waals surface area contributed by atoms with Gasteiger partial charge in [-0.25, -0.2) is 0 Å². The molecular weight excluding hydrogens is 351 g/mol. The molecule has 3 aromatic carbocycles. The van der Waals surface area contributed by atoms with Crippen LogP contribution >= 0.6 is 20.0 Å². The predicted octanol–water partition coefficient (Wildman–Crippen LogP) is 5.39. The predicted molar refractivity (Wildman–Crippen MR) is 103 cm³/mol. The van der Waals surface area contributed by atoms with Crippen molar-refractivity contribution in [1.29, 1.82) is 0 Å². The van der Waals surface area contributed by atoms with Gasteiger partial charge in [0.25, 0.3) is 0 Å². The average Bonchev–Trinajstić information content (AvgIpc) is 2.64. The molecule has 0 amide bonds. The third-order valence-corrected chi connectivity index (χ3v) is 5.80. The van der Waals surface area contributed by atoms with Gasteiger partial charge in [0.1, 0.15) is 0 Å². The molecule has 25 heavy (non-hydrogen) atoms. The van der Waals surface area contributed by atoms with Gasteiger partial charge in [0.05, 0.1) is 0 Å². The first-order valence-corrected chi connectivity index (χ1v) is 9.97. The summed E-state index contributed by atoms with van der Waals surface area (Å²) in [5.41, 5.74) is 2.80. The Hall–Kier alpha value is -1.84. The molecule has 5 heteroatoms. The number of benzene rings is 3. The summed E-state index contributed by atoms with van der Waals surface area (Å²) in [5, 5.41) is 0. The molecule has 0 fully saturated rings. The smallest absolute Gasteiger partial charge is 0.318 e. The van der Waals surface area contributed by atoms with Crippen LogP contribution in [0.5, 0.6) is 0 Å². The quantitative estimate of drug-likeness (QED) is 0.359. The number of aryl methyl sites for hydroxylation is 1. The second kappa shape index (κ2) is 8.03. The molecule has 0 aromatic heterocycles. The van der Waals surface area contributed by atoms with Crippen LogP contribution in [0.25, 0.3) is 0 Å². The molecule has 0 spiro atoms. The van der Waals surface area contributed by atoms with Crippen molar-refractivity contribution in [2.75, 3.05) is 0 Å². The molecule has 3 nitrogen and oxygen atoms in total. The molecule has 0 aliphatic carbocycles. The van der Waals surface area contributed by atoms with Gasteiger partial charge >= 0.3 is 8.25 Å². The monoisotopic (exact) mass is 370 g/mol. The van der Waals surface area contributed by atoms with Gasteiger partial charge < -0.3 is 4.89 Å². The summed E-state index contributed by atoms with van der Waals surface area (Å²) in [6.07, 6.45) is 0. The lowest BCUT2D eigenvalue weighted by Gasteiger charge is -2.33. The van der Waals surface area contributed by atoms with E-state index in [1.54, 1.807) is 0 Å². The molecule has 128 valence electrons. The fourth-order valence-electron chi connectivity index (χ4n) is 2.63. The van der Waals surface area contributed by atoms with E-state index >= 15 is 0 Å². The Labute approximate surface area is 152 Å². The molecule has 3 aromatic rings. The highest BCUT2D eigenvalue weighted by Gasteiger charge is 2.38. The Morgan fingerprint density at radius 2 is 1.32 bits per heavy atom. The van der Waals surface area contributed by atoms with E-state index in [1.165, 1.54) is 11.8 Å². The minimum absolute atomic E-state index is 0.819. The van der Waals surface area contributed by atoms with E-state index in [0.717, 1.165) is 21.6 Å².